The number of nitrogens with zero attached hydrogens (tertiary/aromatic N) is 5. The van der Waals surface area contributed by atoms with Gasteiger partial charge in [0.15, 0.2) is 0 Å². The van der Waals surface area contributed by atoms with Gasteiger partial charge in [-0.3, -0.25) is 15.1 Å². The number of benzene rings is 1. The molecule has 2 aliphatic rings. The monoisotopic (exact) mass is 406 g/mol. The van der Waals surface area contributed by atoms with Gasteiger partial charge in [-0.15, -0.1) is 5.10 Å². The molecular weight excluding hydrogens is 388 g/mol. The second kappa shape index (κ2) is 6.29. The molecule has 25 heavy (non-hydrogen) atoms. The van der Waals surface area contributed by atoms with E-state index in [-0.39, 0.29) is 18.4 Å². The second-order valence-corrected chi connectivity index (χ2v) is 7.30. The first kappa shape index (κ1) is 16.3. The maximum absolute atomic E-state index is 11.6. The van der Waals surface area contributed by atoms with Crippen molar-refractivity contribution in [3.8, 4) is 5.75 Å². The van der Waals surface area contributed by atoms with Gasteiger partial charge in [-0.05, 0) is 46.8 Å². The van der Waals surface area contributed by atoms with Crippen molar-refractivity contribution in [2.24, 2.45) is 5.92 Å². The molecule has 1 aromatic heterocycles. The molecule has 0 atom stereocenters. The summed E-state index contributed by atoms with van der Waals surface area (Å²) in [5.74, 6) is 1.57. The van der Waals surface area contributed by atoms with Gasteiger partial charge in [-0.2, -0.15) is 0 Å². The zero-order valence-electron chi connectivity index (χ0n) is 13.9. The summed E-state index contributed by atoms with van der Waals surface area (Å²) < 4.78 is 8.58. The second-order valence-electron chi connectivity index (χ2n) is 6.51. The molecule has 4 rings (SSSR count). The predicted molar refractivity (Wildman–Crippen MR) is 95.5 cm³/mol. The molecule has 1 aliphatic heterocycles. The van der Waals surface area contributed by atoms with Crippen LogP contribution in [-0.2, 0) is 11.3 Å². The highest BCUT2D eigenvalue weighted by atomic mass is 79.9. The van der Waals surface area contributed by atoms with Gasteiger partial charge in [0.1, 0.15) is 24.4 Å². The number of rotatable bonds is 6. The maximum Gasteiger partial charge on any atom is 0.248 e. The molecule has 1 aromatic carbocycles. The Balaban J connectivity index is 1.42. The summed E-state index contributed by atoms with van der Waals surface area (Å²) >= 11 is 3.56. The lowest BCUT2D eigenvalue weighted by molar-refractivity contribution is -0.124. The Bertz CT molecular complexity index is 847. The summed E-state index contributed by atoms with van der Waals surface area (Å²) in [6.07, 6.45) is 2.54. The number of aromatic nitrogens is 3. The third-order valence-electron chi connectivity index (χ3n) is 4.65. The van der Waals surface area contributed by atoms with Crippen molar-refractivity contribution in [3.05, 3.63) is 16.6 Å². The number of hydrogen-bond donors (Lipinski definition) is 1. The fourth-order valence-corrected chi connectivity index (χ4v) is 3.43. The molecule has 2 heterocycles. The first-order valence-electron chi connectivity index (χ1n) is 8.29. The van der Waals surface area contributed by atoms with Gasteiger partial charge >= 0.3 is 0 Å². The molecule has 132 valence electrons. The largest absolute Gasteiger partial charge is 0.490 e. The van der Waals surface area contributed by atoms with Crippen molar-refractivity contribution in [1.29, 1.82) is 5.41 Å². The minimum Gasteiger partial charge on any atom is -0.490 e. The number of carbonyl (C=O) groups is 1. The van der Waals surface area contributed by atoms with E-state index in [1.165, 1.54) is 17.7 Å². The number of likely N-dealkylation sites (N-methyl/N-ethyl adjacent to an activating group) is 1. The van der Waals surface area contributed by atoms with Gasteiger partial charge in [0.05, 0.1) is 16.5 Å². The Morgan fingerprint density at radius 1 is 1.40 bits per heavy atom. The molecule has 0 radical (unpaired) electrons. The number of fused-ring (bicyclic) bond motifs is 1. The smallest absolute Gasteiger partial charge is 0.248 e. The van der Waals surface area contributed by atoms with Crippen LogP contribution in [-0.4, -0.2) is 63.4 Å². The summed E-state index contributed by atoms with van der Waals surface area (Å²) in [6, 6.07) is 3.89. The molecule has 1 saturated carbocycles. The molecule has 8 nitrogen and oxygen atoms in total. The Morgan fingerprint density at radius 3 is 2.88 bits per heavy atom. The minimum absolute atomic E-state index is 0.0696. The van der Waals surface area contributed by atoms with Gasteiger partial charge in [-0.1, -0.05) is 5.21 Å². The lowest BCUT2D eigenvalue weighted by atomic mass is 10.3. The van der Waals surface area contributed by atoms with E-state index in [0.29, 0.717) is 18.9 Å². The third-order valence-corrected chi connectivity index (χ3v) is 5.42. The topological polar surface area (TPSA) is 87.3 Å². The van der Waals surface area contributed by atoms with Crippen molar-refractivity contribution < 1.29 is 9.53 Å². The highest BCUT2D eigenvalue weighted by Gasteiger charge is 2.29. The van der Waals surface area contributed by atoms with Crippen LogP contribution in [0, 0.1) is 11.3 Å². The SMILES string of the molecule is CN1C(=N)N(CCOc2ccc3c(nnn3CC3CC3)c2Br)CC1=O. The van der Waals surface area contributed by atoms with Crippen LogP contribution in [0.3, 0.4) is 0 Å². The van der Waals surface area contributed by atoms with E-state index in [4.69, 9.17) is 10.1 Å². The summed E-state index contributed by atoms with van der Waals surface area (Å²) in [4.78, 5) is 14.6. The fourth-order valence-electron chi connectivity index (χ4n) is 2.90. The molecule has 1 amide bonds. The maximum atomic E-state index is 11.6. The van der Waals surface area contributed by atoms with E-state index in [9.17, 15) is 4.79 Å². The van der Waals surface area contributed by atoms with Crippen LogP contribution in [0.1, 0.15) is 12.8 Å². The Hall–Kier alpha value is -2.16. The summed E-state index contributed by atoms with van der Waals surface area (Å²) in [5.41, 5.74) is 1.79. The number of halogens is 1. The van der Waals surface area contributed by atoms with E-state index in [1.54, 1.807) is 11.9 Å². The number of nitrogens with one attached hydrogen (secondary N) is 1. The standard InChI is InChI=1S/C16H19BrN6O2/c1-21-13(24)9-22(16(21)18)6-7-25-12-5-4-11-15(14(12)17)19-20-23(11)8-10-2-3-10/h4-5,10,18H,2-3,6-9H2,1H3. The van der Waals surface area contributed by atoms with E-state index in [0.717, 1.165) is 28.0 Å². The van der Waals surface area contributed by atoms with E-state index < -0.39 is 0 Å². The minimum atomic E-state index is -0.0696. The van der Waals surface area contributed by atoms with Crippen molar-refractivity contribution >= 4 is 38.8 Å². The molecule has 2 aromatic rings. The number of amides is 1. The fraction of sp³-hybridized carbons (Fsp3) is 0.500. The number of guanidine groups is 1. The number of ether oxygens (including phenoxy) is 1. The van der Waals surface area contributed by atoms with Crippen molar-refractivity contribution in [3.63, 3.8) is 0 Å². The molecule has 1 saturated heterocycles. The summed E-state index contributed by atoms with van der Waals surface area (Å²) in [5, 5.41) is 16.4. The molecule has 0 unspecified atom stereocenters. The number of hydrogen-bond acceptors (Lipinski definition) is 5. The first-order valence-corrected chi connectivity index (χ1v) is 9.08. The van der Waals surface area contributed by atoms with Gasteiger partial charge in [-0.25, -0.2) is 4.68 Å². The van der Waals surface area contributed by atoms with Gasteiger partial charge in [0, 0.05) is 13.6 Å². The van der Waals surface area contributed by atoms with Crippen LogP contribution in [0.5, 0.6) is 5.75 Å². The third kappa shape index (κ3) is 3.08. The summed E-state index contributed by atoms with van der Waals surface area (Å²) in [6.45, 7) is 2.01. The number of carbonyl (C=O) groups excluding carboxylic acids is 1. The van der Waals surface area contributed by atoms with Crippen molar-refractivity contribution in [1.82, 2.24) is 24.8 Å². The molecule has 1 N–H and O–H groups in total. The van der Waals surface area contributed by atoms with Crippen LogP contribution in [0.25, 0.3) is 11.0 Å². The molecule has 0 bridgehead atoms. The zero-order valence-corrected chi connectivity index (χ0v) is 15.5. The lowest BCUT2D eigenvalue weighted by Crippen LogP contribution is -2.33. The van der Waals surface area contributed by atoms with Gasteiger partial charge in [0.2, 0.25) is 11.9 Å². The zero-order chi connectivity index (χ0) is 17.6. The Kier molecular flexibility index (Phi) is 4.10. The van der Waals surface area contributed by atoms with Gasteiger partial charge in [0.25, 0.3) is 0 Å². The van der Waals surface area contributed by atoms with E-state index in [1.807, 2.05) is 16.8 Å². The van der Waals surface area contributed by atoms with E-state index in [2.05, 4.69) is 26.2 Å². The molecule has 1 aliphatic carbocycles. The van der Waals surface area contributed by atoms with Crippen molar-refractivity contribution in [2.45, 2.75) is 19.4 Å². The molecule has 0 spiro atoms. The first-order chi connectivity index (χ1) is 12.0. The quantitative estimate of drug-likeness (QED) is 0.788. The van der Waals surface area contributed by atoms with E-state index >= 15 is 0 Å². The summed E-state index contributed by atoms with van der Waals surface area (Å²) in [7, 11) is 1.61. The normalized spacial score (nSPS) is 17.8. The average Bonchev–Trinajstić information content (AvgIpc) is 3.27. The highest BCUT2D eigenvalue weighted by molar-refractivity contribution is 9.10. The van der Waals surface area contributed by atoms with Crippen molar-refractivity contribution in [2.75, 3.05) is 26.7 Å². The lowest BCUT2D eigenvalue weighted by Gasteiger charge is -2.18. The molecule has 2 fully saturated rings. The van der Waals surface area contributed by atoms with Crippen LogP contribution in [0.15, 0.2) is 16.6 Å². The predicted octanol–water partition coefficient (Wildman–Crippen LogP) is 1.69. The molecular formula is C16H19BrN6O2. The Morgan fingerprint density at radius 2 is 2.20 bits per heavy atom. The van der Waals surface area contributed by atoms with Crippen LogP contribution in [0.4, 0.5) is 0 Å². The average molecular weight is 407 g/mol. The van der Waals surface area contributed by atoms with Crippen LogP contribution in [0.2, 0.25) is 0 Å². The molecule has 9 heteroatoms. The Labute approximate surface area is 153 Å². The van der Waals surface area contributed by atoms with Gasteiger partial charge < -0.3 is 9.64 Å². The van der Waals surface area contributed by atoms with Crippen LogP contribution < -0.4 is 4.74 Å². The highest BCUT2D eigenvalue weighted by Crippen LogP contribution is 2.34. The van der Waals surface area contributed by atoms with Crippen LogP contribution >= 0.6 is 15.9 Å².